The first-order valence-corrected chi connectivity index (χ1v) is 4.01. The molecule has 10 heavy (non-hydrogen) atoms. The first-order valence-electron chi connectivity index (χ1n) is 3.19. The Bertz CT molecular complexity index is 242. The summed E-state index contributed by atoms with van der Waals surface area (Å²) in [4.78, 5) is 15.3. The highest BCUT2D eigenvalue weighted by Crippen LogP contribution is 2.15. The highest BCUT2D eigenvalue weighted by molar-refractivity contribution is 7.13. The minimum Gasteiger partial charge on any atom is -0.297 e. The van der Waals surface area contributed by atoms with Crippen molar-refractivity contribution in [1.29, 1.82) is 0 Å². The lowest BCUT2D eigenvalue weighted by atomic mass is 10.3. The van der Waals surface area contributed by atoms with Gasteiger partial charge in [-0.25, -0.2) is 4.98 Å². The Hall–Kier alpha value is -0.700. The number of aromatic nitrogens is 1. The van der Waals surface area contributed by atoms with Gasteiger partial charge in [-0.05, 0) is 13.3 Å². The van der Waals surface area contributed by atoms with E-state index < -0.39 is 0 Å². The van der Waals surface area contributed by atoms with Gasteiger partial charge in [0.15, 0.2) is 6.29 Å². The Labute approximate surface area is 63.9 Å². The van der Waals surface area contributed by atoms with Gasteiger partial charge in [-0.15, -0.1) is 11.3 Å². The molecule has 0 radical (unpaired) electrons. The molecule has 54 valence electrons. The van der Waals surface area contributed by atoms with E-state index in [2.05, 4.69) is 4.98 Å². The van der Waals surface area contributed by atoms with Gasteiger partial charge in [-0.1, -0.05) is 6.92 Å². The first-order chi connectivity index (χ1) is 4.77. The number of rotatable bonds is 2. The van der Waals surface area contributed by atoms with Crippen molar-refractivity contribution >= 4 is 17.6 Å². The van der Waals surface area contributed by atoms with Crippen molar-refractivity contribution in [2.45, 2.75) is 20.3 Å². The fourth-order valence-electron chi connectivity index (χ4n) is 0.831. The van der Waals surface area contributed by atoms with E-state index in [0.717, 1.165) is 28.3 Å². The molecule has 0 N–H and O–H groups in total. The van der Waals surface area contributed by atoms with Crippen LogP contribution < -0.4 is 0 Å². The number of hydrogen-bond acceptors (Lipinski definition) is 3. The predicted octanol–water partition coefficient (Wildman–Crippen LogP) is 1.83. The Morgan fingerprint density at radius 2 is 2.40 bits per heavy atom. The largest absolute Gasteiger partial charge is 0.297 e. The number of carbonyl (C=O) groups excluding carboxylic acids is 1. The lowest BCUT2D eigenvalue weighted by Crippen LogP contribution is -1.84. The van der Waals surface area contributed by atoms with Crippen LogP contribution in [0.2, 0.25) is 0 Å². The summed E-state index contributed by atoms with van der Waals surface area (Å²) in [5.74, 6) is 0. The second kappa shape index (κ2) is 2.92. The third kappa shape index (κ3) is 1.24. The van der Waals surface area contributed by atoms with Crippen molar-refractivity contribution in [3.05, 3.63) is 15.6 Å². The van der Waals surface area contributed by atoms with Crippen LogP contribution in [-0.4, -0.2) is 11.3 Å². The van der Waals surface area contributed by atoms with Gasteiger partial charge >= 0.3 is 0 Å². The van der Waals surface area contributed by atoms with Crippen LogP contribution in [0.15, 0.2) is 0 Å². The maximum atomic E-state index is 10.4. The van der Waals surface area contributed by atoms with Crippen molar-refractivity contribution in [2.75, 3.05) is 0 Å². The lowest BCUT2D eigenvalue weighted by Gasteiger charge is -1.85. The molecule has 1 rings (SSSR count). The molecule has 0 saturated heterocycles. The molecule has 0 aliphatic rings. The van der Waals surface area contributed by atoms with Gasteiger partial charge in [0, 0.05) is 0 Å². The Morgan fingerprint density at radius 1 is 1.70 bits per heavy atom. The van der Waals surface area contributed by atoms with E-state index in [1.807, 2.05) is 13.8 Å². The monoisotopic (exact) mass is 155 g/mol. The first kappa shape index (κ1) is 7.41. The van der Waals surface area contributed by atoms with Crippen LogP contribution in [0, 0.1) is 6.92 Å². The van der Waals surface area contributed by atoms with E-state index in [1.54, 1.807) is 0 Å². The number of nitrogens with zero attached hydrogens (tertiary/aromatic N) is 1. The van der Waals surface area contributed by atoms with Crippen molar-refractivity contribution in [1.82, 2.24) is 4.98 Å². The van der Waals surface area contributed by atoms with E-state index in [4.69, 9.17) is 0 Å². The number of thiazole rings is 1. The Kier molecular flexibility index (Phi) is 2.17. The van der Waals surface area contributed by atoms with E-state index >= 15 is 0 Å². The number of carbonyl (C=O) groups is 1. The smallest absolute Gasteiger partial charge is 0.161 e. The van der Waals surface area contributed by atoms with Crippen LogP contribution in [0.25, 0.3) is 0 Å². The number of aryl methyl sites for hydroxylation is 2. The zero-order chi connectivity index (χ0) is 7.56. The molecular weight excluding hydrogens is 146 g/mol. The van der Waals surface area contributed by atoms with Crippen molar-refractivity contribution < 1.29 is 4.79 Å². The fraction of sp³-hybridized carbons (Fsp3) is 0.429. The van der Waals surface area contributed by atoms with E-state index in [-0.39, 0.29) is 0 Å². The van der Waals surface area contributed by atoms with Gasteiger partial charge in [-0.2, -0.15) is 0 Å². The summed E-state index contributed by atoms with van der Waals surface area (Å²) in [5, 5.41) is 0.971. The normalized spacial score (nSPS) is 9.80. The minimum atomic E-state index is 0.778. The molecule has 2 nitrogen and oxygen atoms in total. The maximum absolute atomic E-state index is 10.4. The molecular formula is C7H9NOS. The summed E-state index contributed by atoms with van der Waals surface area (Å²) in [6, 6.07) is 0. The molecule has 0 aromatic carbocycles. The molecule has 0 spiro atoms. The van der Waals surface area contributed by atoms with Gasteiger partial charge in [0.2, 0.25) is 0 Å². The Balaban J connectivity index is 3.08. The second-order valence-corrected chi connectivity index (χ2v) is 3.25. The third-order valence-electron chi connectivity index (χ3n) is 1.28. The molecule has 3 heteroatoms. The second-order valence-electron chi connectivity index (χ2n) is 2.02. The molecule has 1 aromatic heterocycles. The lowest BCUT2D eigenvalue weighted by molar-refractivity contribution is 0.112. The van der Waals surface area contributed by atoms with Crippen molar-refractivity contribution in [3.8, 4) is 0 Å². The van der Waals surface area contributed by atoms with Gasteiger partial charge in [0.05, 0.1) is 15.6 Å². The van der Waals surface area contributed by atoms with E-state index in [9.17, 15) is 4.79 Å². The van der Waals surface area contributed by atoms with Crippen molar-refractivity contribution in [3.63, 3.8) is 0 Å². The highest BCUT2D eigenvalue weighted by Gasteiger charge is 2.04. The molecule has 1 aromatic rings. The van der Waals surface area contributed by atoms with Gasteiger partial charge in [0.25, 0.3) is 0 Å². The molecule has 0 aliphatic heterocycles. The minimum absolute atomic E-state index is 0.778. The standard InChI is InChI=1S/C7H9NOS/c1-3-6-7(4-9)10-5(2)8-6/h4H,3H2,1-2H3. The molecule has 0 atom stereocenters. The van der Waals surface area contributed by atoms with Gasteiger partial charge in [0.1, 0.15) is 0 Å². The summed E-state index contributed by atoms with van der Waals surface area (Å²) < 4.78 is 0. The van der Waals surface area contributed by atoms with Gasteiger partial charge < -0.3 is 0 Å². The fourth-order valence-corrected chi connectivity index (χ4v) is 1.66. The van der Waals surface area contributed by atoms with Crippen LogP contribution >= 0.6 is 11.3 Å². The molecule has 0 saturated carbocycles. The maximum Gasteiger partial charge on any atom is 0.161 e. The summed E-state index contributed by atoms with van der Waals surface area (Å²) in [5.41, 5.74) is 0.928. The summed E-state index contributed by atoms with van der Waals surface area (Å²) in [7, 11) is 0. The molecule has 0 fully saturated rings. The Morgan fingerprint density at radius 3 is 2.80 bits per heavy atom. The van der Waals surface area contributed by atoms with Crippen LogP contribution in [0.1, 0.15) is 27.3 Å². The number of aldehydes is 1. The number of hydrogen-bond donors (Lipinski definition) is 0. The topological polar surface area (TPSA) is 30.0 Å². The zero-order valence-electron chi connectivity index (χ0n) is 6.05. The average Bonchev–Trinajstić information content (AvgIpc) is 2.30. The molecule has 0 aliphatic carbocycles. The van der Waals surface area contributed by atoms with Gasteiger partial charge in [-0.3, -0.25) is 4.79 Å². The third-order valence-corrected chi connectivity index (χ3v) is 2.21. The molecule has 0 unspecified atom stereocenters. The van der Waals surface area contributed by atoms with E-state index in [1.165, 1.54) is 11.3 Å². The molecule has 1 heterocycles. The highest BCUT2D eigenvalue weighted by atomic mass is 32.1. The summed E-state index contributed by atoms with van der Waals surface area (Å²) in [6.07, 6.45) is 1.72. The summed E-state index contributed by atoms with van der Waals surface area (Å²) in [6.45, 7) is 3.92. The van der Waals surface area contributed by atoms with Crippen LogP contribution in [0.4, 0.5) is 0 Å². The van der Waals surface area contributed by atoms with Crippen molar-refractivity contribution in [2.24, 2.45) is 0 Å². The van der Waals surface area contributed by atoms with Crippen LogP contribution in [0.3, 0.4) is 0 Å². The van der Waals surface area contributed by atoms with Crippen LogP contribution in [-0.2, 0) is 6.42 Å². The van der Waals surface area contributed by atoms with E-state index in [0.29, 0.717) is 0 Å². The van der Waals surface area contributed by atoms with Crippen LogP contribution in [0.5, 0.6) is 0 Å². The quantitative estimate of drug-likeness (QED) is 0.610. The molecule has 0 bridgehead atoms. The summed E-state index contributed by atoms with van der Waals surface area (Å²) >= 11 is 1.46. The molecule has 0 amide bonds. The average molecular weight is 155 g/mol. The predicted molar refractivity (Wildman–Crippen MR) is 41.6 cm³/mol. The zero-order valence-corrected chi connectivity index (χ0v) is 6.86. The SMILES string of the molecule is CCc1nc(C)sc1C=O.